The minimum Gasteiger partial charge on any atom is -0.479 e. The number of fused-ring (bicyclic) bond motifs is 1. The number of halogens is 1. The molecule has 0 spiro atoms. The number of nitrogens with zero attached hydrogens (tertiary/aromatic N) is 1. The largest absolute Gasteiger partial charge is 0.479 e. The van der Waals surface area contributed by atoms with Crippen LogP contribution in [0.15, 0.2) is 54.7 Å². The summed E-state index contributed by atoms with van der Waals surface area (Å²) in [5.74, 6) is -0.551. The molecule has 7 heteroatoms. The van der Waals surface area contributed by atoms with Crippen LogP contribution >= 0.6 is 11.6 Å². The highest BCUT2D eigenvalue weighted by Gasteiger charge is 2.19. The second kappa shape index (κ2) is 8.71. The Balaban J connectivity index is 1.55. The van der Waals surface area contributed by atoms with Crippen molar-refractivity contribution >= 4 is 40.1 Å². The Labute approximate surface area is 167 Å². The zero-order valence-corrected chi connectivity index (χ0v) is 16.2. The number of carbonyl (C=O) groups is 2. The molecule has 0 aliphatic carbocycles. The van der Waals surface area contributed by atoms with Crippen molar-refractivity contribution in [3.63, 3.8) is 0 Å². The highest BCUT2D eigenvalue weighted by Crippen LogP contribution is 2.23. The standard InChI is InChI=1S/C21H19ClN2O4/c1-13-11-15(22)8-9-19(13)28-14(2)21(26)27-12-20(25)24-18-7-3-6-17-16(18)5-4-10-23-17/h3-11,14H,12H2,1-2H3,(H,24,25). The summed E-state index contributed by atoms with van der Waals surface area (Å²) >= 11 is 5.91. The normalized spacial score (nSPS) is 11.7. The van der Waals surface area contributed by atoms with Crippen LogP contribution in [0.1, 0.15) is 12.5 Å². The molecule has 0 bridgehead atoms. The fourth-order valence-electron chi connectivity index (χ4n) is 2.64. The molecule has 0 aliphatic rings. The second-order valence-corrected chi connectivity index (χ2v) is 6.64. The van der Waals surface area contributed by atoms with Gasteiger partial charge in [-0.3, -0.25) is 9.78 Å². The molecule has 0 radical (unpaired) electrons. The van der Waals surface area contributed by atoms with E-state index in [0.717, 1.165) is 16.5 Å². The summed E-state index contributed by atoms with van der Waals surface area (Å²) in [4.78, 5) is 28.5. The van der Waals surface area contributed by atoms with E-state index in [0.29, 0.717) is 16.5 Å². The van der Waals surface area contributed by atoms with Crippen LogP contribution < -0.4 is 10.1 Å². The second-order valence-electron chi connectivity index (χ2n) is 6.20. The molecule has 3 aromatic rings. The molecule has 1 unspecified atom stereocenters. The van der Waals surface area contributed by atoms with Gasteiger partial charge in [-0.25, -0.2) is 4.79 Å². The molecular weight excluding hydrogens is 380 g/mol. The predicted octanol–water partition coefficient (Wildman–Crippen LogP) is 4.15. The Hall–Kier alpha value is -3.12. The van der Waals surface area contributed by atoms with Crippen molar-refractivity contribution < 1.29 is 19.1 Å². The number of esters is 1. The fourth-order valence-corrected chi connectivity index (χ4v) is 2.86. The van der Waals surface area contributed by atoms with E-state index in [-0.39, 0.29) is 0 Å². The van der Waals surface area contributed by atoms with E-state index in [4.69, 9.17) is 21.1 Å². The van der Waals surface area contributed by atoms with E-state index < -0.39 is 24.6 Å². The van der Waals surface area contributed by atoms with Gasteiger partial charge in [-0.2, -0.15) is 0 Å². The lowest BCUT2D eigenvalue weighted by molar-refractivity contribution is -0.153. The van der Waals surface area contributed by atoms with E-state index in [1.807, 2.05) is 19.1 Å². The van der Waals surface area contributed by atoms with Gasteiger partial charge in [0.1, 0.15) is 5.75 Å². The summed E-state index contributed by atoms with van der Waals surface area (Å²) in [6, 6.07) is 14.1. The Kier molecular flexibility index (Phi) is 6.11. The number of hydrogen-bond donors (Lipinski definition) is 1. The van der Waals surface area contributed by atoms with E-state index in [9.17, 15) is 9.59 Å². The van der Waals surface area contributed by atoms with Crippen LogP contribution in [0.5, 0.6) is 5.75 Å². The van der Waals surface area contributed by atoms with Crippen molar-refractivity contribution in [1.82, 2.24) is 4.98 Å². The van der Waals surface area contributed by atoms with Gasteiger partial charge in [0.2, 0.25) is 0 Å². The number of aryl methyl sites for hydroxylation is 1. The Morgan fingerprint density at radius 3 is 2.79 bits per heavy atom. The molecule has 2 aromatic carbocycles. The average Bonchev–Trinajstić information content (AvgIpc) is 2.68. The lowest BCUT2D eigenvalue weighted by atomic mass is 10.2. The first-order valence-electron chi connectivity index (χ1n) is 8.67. The SMILES string of the molecule is Cc1cc(Cl)ccc1OC(C)C(=O)OCC(=O)Nc1cccc2ncccc12. The average molecular weight is 399 g/mol. The summed E-state index contributed by atoms with van der Waals surface area (Å²) < 4.78 is 10.7. The summed E-state index contributed by atoms with van der Waals surface area (Å²) in [7, 11) is 0. The van der Waals surface area contributed by atoms with Gasteiger partial charge in [0.15, 0.2) is 12.7 Å². The van der Waals surface area contributed by atoms with Gasteiger partial charge in [0, 0.05) is 16.6 Å². The Morgan fingerprint density at radius 1 is 1.18 bits per heavy atom. The molecule has 0 saturated heterocycles. The third-order valence-electron chi connectivity index (χ3n) is 4.04. The molecule has 28 heavy (non-hydrogen) atoms. The molecule has 1 N–H and O–H groups in total. The minimum atomic E-state index is -0.866. The predicted molar refractivity (Wildman–Crippen MR) is 108 cm³/mol. The molecule has 0 fully saturated rings. The molecule has 0 saturated carbocycles. The Bertz CT molecular complexity index is 1020. The zero-order valence-electron chi connectivity index (χ0n) is 15.4. The van der Waals surface area contributed by atoms with Crippen molar-refractivity contribution in [2.45, 2.75) is 20.0 Å². The van der Waals surface area contributed by atoms with Crippen molar-refractivity contribution in [2.24, 2.45) is 0 Å². The molecule has 144 valence electrons. The zero-order chi connectivity index (χ0) is 20.1. The Morgan fingerprint density at radius 2 is 2.00 bits per heavy atom. The van der Waals surface area contributed by atoms with Crippen LogP contribution in [-0.4, -0.2) is 29.6 Å². The lowest BCUT2D eigenvalue weighted by Crippen LogP contribution is -2.30. The monoisotopic (exact) mass is 398 g/mol. The number of amides is 1. The van der Waals surface area contributed by atoms with Crippen molar-refractivity contribution in [1.29, 1.82) is 0 Å². The summed E-state index contributed by atoms with van der Waals surface area (Å²) in [5.41, 5.74) is 2.17. The van der Waals surface area contributed by atoms with Crippen molar-refractivity contribution in [3.8, 4) is 5.75 Å². The maximum absolute atomic E-state index is 12.2. The van der Waals surface area contributed by atoms with Gasteiger partial charge >= 0.3 is 5.97 Å². The first-order chi connectivity index (χ1) is 13.4. The number of aromatic nitrogens is 1. The van der Waals surface area contributed by atoms with E-state index in [2.05, 4.69) is 10.3 Å². The van der Waals surface area contributed by atoms with E-state index >= 15 is 0 Å². The first-order valence-corrected chi connectivity index (χ1v) is 9.05. The first kappa shape index (κ1) is 19.6. The quantitative estimate of drug-likeness (QED) is 0.631. The topological polar surface area (TPSA) is 77.5 Å². The molecule has 3 rings (SSSR count). The summed E-state index contributed by atoms with van der Waals surface area (Å²) in [5, 5.41) is 4.12. The van der Waals surface area contributed by atoms with Gasteiger partial charge in [-0.05, 0) is 61.9 Å². The van der Waals surface area contributed by atoms with Crippen molar-refractivity contribution in [3.05, 3.63) is 65.3 Å². The number of rotatable bonds is 6. The molecule has 1 amide bonds. The number of benzene rings is 2. The molecule has 0 aliphatic heterocycles. The van der Waals surface area contributed by atoms with Crippen LogP contribution in [0.2, 0.25) is 5.02 Å². The van der Waals surface area contributed by atoms with Crippen LogP contribution in [0.25, 0.3) is 10.9 Å². The van der Waals surface area contributed by atoms with Gasteiger partial charge in [-0.15, -0.1) is 0 Å². The molecule has 1 heterocycles. The number of anilines is 1. The van der Waals surface area contributed by atoms with Crippen LogP contribution in [0.4, 0.5) is 5.69 Å². The van der Waals surface area contributed by atoms with E-state index in [1.54, 1.807) is 49.5 Å². The summed E-state index contributed by atoms with van der Waals surface area (Å²) in [6.07, 6.45) is 0.814. The molecule has 1 aromatic heterocycles. The lowest BCUT2D eigenvalue weighted by Gasteiger charge is -2.15. The minimum absolute atomic E-state index is 0.414. The number of pyridine rings is 1. The van der Waals surface area contributed by atoms with Crippen LogP contribution in [0.3, 0.4) is 0 Å². The van der Waals surface area contributed by atoms with Gasteiger partial charge < -0.3 is 14.8 Å². The maximum atomic E-state index is 12.2. The number of ether oxygens (including phenoxy) is 2. The fraction of sp³-hybridized carbons (Fsp3) is 0.190. The highest BCUT2D eigenvalue weighted by atomic mass is 35.5. The number of hydrogen-bond acceptors (Lipinski definition) is 5. The smallest absolute Gasteiger partial charge is 0.347 e. The van der Waals surface area contributed by atoms with Crippen molar-refractivity contribution in [2.75, 3.05) is 11.9 Å². The molecular formula is C21H19ClN2O4. The van der Waals surface area contributed by atoms with Crippen LogP contribution in [-0.2, 0) is 14.3 Å². The maximum Gasteiger partial charge on any atom is 0.347 e. The summed E-state index contributed by atoms with van der Waals surface area (Å²) in [6.45, 7) is 2.97. The highest BCUT2D eigenvalue weighted by molar-refractivity contribution is 6.30. The number of nitrogens with one attached hydrogen (secondary N) is 1. The van der Waals surface area contributed by atoms with E-state index in [1.165, 1.54) is 0 Å². The van der Waals surface area contributed by atoms with Gasteiger partial charge in [0.25, 0.3) is 5.91 Å². The third-order valence-corrected chi connectivity index (χ3v) is 4.27. The van der Waals surface area contributed by atoms with Crippen LogP contribution in [0, 0.1) is 6.92 Å². The molecule has 1 atom stereocenters. The van der Waals surface area contributed by atoms with Gasteiger partial charge in [0.05, 0.1) is 11.2 Å². The number of carbonyl (C=O) groups excluding carboxylic acids is 2. The molecule has 6 nitrogen and oxygen atoms in total. The third kappa shape index (κ3) is 4.78. The van der Waals surface area contributed by atoms with Gasteiger partial charge in [-0.1, -0.05) is 17.7 Å².